The number of rotatable bonds is 5. The lowest BCUT2D eigenvalue weighted by molar-refractivity contribution is 0.0938. The number of hydrogen-bond donors (Lipinski definition) is 1. The van der Waals surface area contributed by atoms with Crippen molar-refractivity contribution in [2.45, 2.75) is 32.7 Å². The molecule has 0 saturated heterocycles. The molecule has 4 rings (SSSR count). The molecule has 3 aromatic rings. The van der Waals surface area contributed by atoms with Crippen LogP contribution < -0.4 is 14.8 Å². The first kappa shape index (κ1) is 20.3. The maximum atomic E-state index is 13.1. The van der Waals surface area contributed by atoms with Crippen LogP contribution in [-0.4, -0.2) is 28.9 Å². The van der Waals surface area contributed by atoms with Crippen LogP contribution in [0.1, 0.15) is 54.3 Å². The fraction of sp³-hybridized carbons (Fsp3) is 0.304. The number of hydrogen-bond acceptors (Lipinski definition) is 4. The molecule has 1 aliphatic heterocycles. The monoisotopic (exact) mass is 425 g/mol. The summed E-state index contributed by atoms with van der Waals surface area (Å²) >= 11 is 6.14. The lowest BCUT2D eigenvalue weighted by Gasteiger charge is -2.21. The van der Waals surface area contributed by atoms with Crippen molar-refractivity contribution < 1.29 is 14.3 Å². The summed E-state index contributed by atoms with van der Waals surface area (Å²) in [6, 6.07) is 13.0. The van der Waals surface area contributed by atoms with Crippen molar-refractivity contribution in [2.75, 3.05) is 13.2 Å². The smallest absolute Gasteiger partial charge is 0.255 e. The maximum absolute atomic E-state index is 13.1. The molecular weight excluding hydrogens is 402 g/mol. The Morgan fingerprint density at radius 3 is 2.60 bits per heavy atom. The van der Waals surface area contributed by atoms with E-state index in [1.807, 2.05) is 63.2 Å². The van der Waals surface area contributed by atoms with Crippen LogP contribution in [0.3, 0.4) is 0 Å². The quantitative estimate of drug-likeness (QED) is 0.630. The number of aromatic nitrogens is 2. The van der Waals surface area contributed by atoms with E-state index in [0.717, 1.165) is 22.7 Å². The molecule has 0 radical (unpaired) electrons. The minimum Gasteiger partial charge on any atom is -0.486 e. The fourth-order valence-electron chi connectivity index (χ4n) is 3.59. The Balaban J connectivity index is 1.59. The van der Waals surface area contributed by atoms with E-state index in [2.05, 4.69) is 10.4 Å². The first-order valence-electron chi connectivity index (χ1n) is 9.98. The topological polar surface area (TPSA) is 65.4 Å². The van der Waals surface area contributed by atoms with Gasteiger partial charge in [0.2, 0.25) is 0 Å². The number of benzene rings is 2. The lowest BCUT2D eigenvalue weighted by atomic mass is 10.0. The molecule has 0 saturated carbocycles. The van der Waals surface area contributed by atoms with E-state index >= 15 is 0 Å². The van der Waals surface area contributed by atoms with Crippen molar-refractivity contribution in [1.29, 1.82) is 0 Å². The van der Waals surface area contributed by atoms with E-state index in [1.54, 1.807) is 10.9 Å². The average Bonchev–Trinajstić information content (AvgIpc) is 3.19. The third kappa shape index (κ3) is 4.00. The standard InChI is InChI=1S/C23H24ClN3O3/c1-14(2)22-19(13-25-27(22)18-6-4-5-17(24)12-18)23(28)26-15(3)16-7-8-20-21(11-16)30-10-9-29-20/h4-8,11-15H,9-10H2,1-3H3,(H,26,28). The Morgan fingerprint density at radius 1 is 1.10 bits per heavy atom. The summed E-state index contributed by atoms with van der Waals surface area (Å²) in [4.78, 5) is 13.1. The van der Waals surface area contributed by atoms with Crippen molar-refractivity contribution >= 4 is 17.5 Å². The van der Waals surface area contributed by atoms with Gasteiger partial charge in [-0.05, 0) is 48.7 Å². The Morgan fingerprint density at radius 2 is 1.87 bits per heavy atom. The molecule has 0 bridgehead atoms. The Hall–Kier alpha value is -2.99. The highest BCUT2D eigenvalue weighted by molar-refractivity contribution is 6.30. The molecule has 1 atom stereocenters. The molecule has 0 spiro atoms. The second-order valence-corrected chi connectivity index (χ2v) is 8.02. The van der Waals surface area contributed by atoms with Crippen LogP contribution in [0, 0.1) is 0 Å². The molecule has 1 amide bonds. The van der Waals surface area contributed by atoms with Gasteiger partial charge in [0.25, 0.3) is 5.91 Å². The first-order valence-corrected chi connectivity index (χ1v) is 10.4. The molecule has 2 heterocycles. The van der Waals surface area contributed by atoms with Crippen molar-refractivity contribution in [3.05, 3.63) is 70.5 Å². The molecule has 0 fully saturated rings. The van der Waals surface area contributed by atoms with Gasteiger partial charge in [0.05, 0.1) is 29.2 Å². The zero-order valence-electron chi connectivity index (χ0n) is 17.2. The second kappa shape index (κ2) is 8.40. The van der Waals surface area contributed by atoms with E-state index in [1.165, 1.54) is 0 Å². The van der Waals surface area contributed by atoms with Crippen LogP contribution in [0.15, 0.2) is 48.7 Å². The predicted molar refractivity (Wildman–Crippen MR) is 116 cm³/mol. The molecule has 156 valence electrons. The summed E-state index contributed by atoms with van der Waals surface area (Å²) in [6.45, 7) is 7.10. The van der Waals surface area contributed by atoms with Crippen LogP contribution >= 0.6 is 11.6 Å². The van der Waals surface area contributed by atoms with Gasteiger partial charge in [-0.2, -0.15) is 5.10 Å². The second-order valence-electron chi connectivity index (χ2n) is 7.59. The van der Waals surface area contributed by atoms with Gasteiger partial charge in [0, 0.05) is 5.02 Å². The van der Waals surface area contributed by atoms with Gasteiger partial charge >= 0.3 is 0 Å². The number of amides is 1. The molecule has 0 aliphatic carbocycles. The van der Waals surface area contributed by atoms with Gasteiger partial charge in [-0.15, -0.1) is 0 Å². The molecule has 6 nitrogen and oxygen atoms in total. The fourth-order valence-corrected chi connectivity index (χ4v) is 3.77. The van der Waals surface area contributed by atoms with E-state index in [4.69, 9.17) is 21.1 Å². The van der Waals surface area contributed by atoms with E-state index in [9.17, 15) is 4.79 Å². The van der Waals surface area contributed by atoms with Gasteiger partial charge in [-0.3, -0.25) is 4.79 Å². The minimum absolute atomic E-state index is 0.0943. The first-order chi connectivity index (χ1) is 14.4. The van der Waals surface area contributed by atoms with Crippen LogP contribution in [0.4, 0.5) is 0 Å². The molecule has 1 aliphatic rings. The summed E-state index contributed by atoms with van der Waals surface area (Å²) < 4.78 is 13.0. The molecule has 30 heavy (non-hydrogen) atoms. The normalized spacial score (nSPS) is 13.9. The SMILES string of the molecule is CC(C)c1c(C(=O)NC(C)c2ccc3c(c2)OCCO3)cnn1-c1cccc(Cl)c1. The minimum atomic E-state index is -0.206. The third-order valence-corrected chi connectivity index (χ3v) is 5.30. The summed E-state index contributed by atoms with van der Waals surface area (Å²) in [5, 5.41) is 8.17. The van der Waals surface area contributed by atoms with Gasteiger partial charge < -0.3 is 14.8 Å². The van der Waals surface area contributed by atoms with Gasteiger partial charge in [0.15, 0.2) is 11.5 Å². The third-order valence-electron chi connectivity index (χ3n) is 5.06. The molecule has 7 heteroatoms. The van der Waals surface area contributed by atoms with Gasteiger partial charge in [0.1, 0.15) is 13.2 Å². The average molecular weight is 426 g/mol. The molecule has 1 N–H and O–H groups in total. The Labute approximate surface area is 180 Å². The zero-order valence-corrected chi connectivity index (χ0v) is 17.9. The number of carbonyl (C=O) groups excluding carboxylic acids is 1. The summed E-state index contributed by atoms with van der Waals surface area (Å²) in [5.74, 6) is 1.36. The van der Waals surface area contributed by atoms with Gasteiger partial charge in [-0.1, -0.05) is 37.6 Å². The highest BCUT2D eigenvalue weighted by Crippen LogP contribution is 2.33. The highest BCUT2D eigenvalue weighted by Gasteiger charge is 2.23. The molecule has 1 aromatic heterocycles. The van der Waals surface area contributed by atoms with Crippen molar-refractivity contribution in [3.63, 3.8) is 0 Å². The lowest BCUT2D eigenvalue weighted by Crippen LogP contribution is -2.28. The molecule has 1 unspecified atom stereocenters. The van der Waals surface area contributed by atoms with Gasteiger partial charge in [-0.25, -0.2) is 4.68 Å². The van der Waals surface area contributed by atoms with Crippen LogP contribution in [0.5, 0.6) is 11.5 Å². The maximum Gasteiger partial charge on any atom is 0.255 e. The number of halogens is 1. The number of nitrogens with zero attached hydrogens (tertiary/aromatic N) is 2. The van der Waals surface area contributed by atoms with E-state index < -0.39 is 0 Å². The van der Waals surface area contributed by atoms with E-state index in [0.29, 0.717) is 29.5 Å². The summed E-state index contributed by atoms with van der Waals surface area (Å²) in [6.07, 6.45) is 1.61. The predicted octanol–water partition coefficient (Wildman–Crippen LogP) is 4.91. The largest absolute Gasteiger partial charge is 0.486 e. The van der Waals surface area contributed by atoms with Crippen molar-refractivity contribution in [1.82, 2.24) is 15.1 Å². The highest BCUT2D eigenvalue weighted by atomic mass is 35.5. The van der Waals surface area contributed by atoms with Crippen molar-refractivity contribution in [3.8, 4) is 17.2 Å². The number of carbonyl (C=O) groups is 1. The molecular formula is C23H24ClN3O3. The van der Waals surface area contributed by atoms with Crippen LogP contribution in [-0.2, 0) is 0 Å². The number of fused-ring (bicyclic) bond motifs is 1. The summed E-state index contributed by atoms with van der Waals surface area (Å²) in [7, 11) is 0. The molecule has 2 aromatic carbocycles. The Kier molecular flexibility index (Phi) is 5.68. The van der Waals surface area contributed by atoms with Crippen LogP contribution in [0.2, 0.25) is 5.02 Å². The van der Waals surface area contributed by atoms with Crippen molar-refractivity contribution in [2.24, 2.45) is 0 Å². The van der Waals surface area contributed by atoms with Crippen LogP contribution in [0.25, 0.3) is 5.69 Å². The van der Waals surface area contributed by atoms with E-state index in [-0.39, 0.29) is 17.9 Å². The number of ether oxygens (including phenoxy) is 2. The number of nitrogens with one attached hydrogen (secondary N) is 1. The summed E-state index contributed by atoms with van der Waals surface area (Å²) in [5.41, 5.74) is 3.16. The zero-order chi connectivity index (χ0) is 21.3. The Bertz CT molecular complexity index is 1080.